The monoisotopic (exact) mass is 1480 g/mol. The molecule has 3 N–H and O–H groups in total. The fourth-order valence-electron chi connectivity index (χ4n) is 12.7. The molecule has 6 atom stereocenters. The molecule has 0 aliphatic carbocycles. The van der Waals surface area contributed by atoms with Crippen LogP contribution in [-0.4, -0.2) is 96.7 Å². The van der Waals surface area contributed by atoms with Crippen molar-refractivity contribution in [2.75, 3.05) is 39.6 Å². The minimum atomic E-state index is -4.96. The molecule has 0 aliphatic heterocycles. The zero-order valence-electron chi connectivity index (χ0n) is 66.2. The maximum atomic E-state index is 13.1. The van der Waals surface area contributed by atoms with Gasteiger partial charge in [0.1, 0.15) is 19.3 Å². The smallest absolute Gasteiger partial charge is 0.462 e. The summed E-state index contributed by atoms with van der Waals surface area (Å²) in [6.07, 6.45) is 63.7. The second kappa shape index (κ2) is 73.6. The highest BCUT2D eigenvalue weighted by molar-refractivity contribution is 7.47. The van der Waals surface area contributed by atoms with Crippen molar-refractivity contribution in [2.45, 2.75) is 452 Å². The molecule has 3 unspecified atom stereocenters. The number of esters is 4. The zero-order valence-corrected chi connectivity index (χ0v) is 68.0. The van der Waals surface area contributed by atoms with Crippen molar-refractivity contribution in [3.05, 3.63) is 0 Å². The summed E-state index contributed by atoms with van der Waals surface area (Å²) >= 11 is 0. The zero-order chi connectivity index (χ0) is 74.2. The number of phosphoric acid groups is 2. The fraction of sp³-hybridized carbons (Fsp3) is 0.951. The maximum Gasteiger partial charge on any atom is 0.472 e. The molecule has 0 bridgehead atoms. The van der Waals surface area contributed by atoms with E-state index in [1.807, 2.05) is 0 Å². The van der Waals surface area contributed by atoms with Gasteiger partial charge in [0, 0.05) is 25.7 Å². The second-order valence-corrected chi connectivity index (χ2v) is 33.1. The second-order valence-electron chi connectivity index (χ2n) is 30.2. The Labute approximate surface area is 619 Å². The summed E-state index contributed by atoms with van der Waals surface area (Å²) in [5.74, 6) is -0.436. The first kappa shape index (κ1) is 99.1. The van der Waals surface area contributed by atoms with Crippen molar-refractivity contribution < 1.29 is 80.2 Å². The van der Waals surface area contributed by atoms with Gasteiger partial charge in [-0.05, 0) is 37.5 Å². The lowest BCUT2D eigenvalue weighted by Gasteiger charge is -2.21. The summed E-state index contributed by atoms with van der Waals surface area (Å²) in [5.41, 5.74) is 0. The SMILES string of the molecule is CCCCCCCCCCCCCC(=O)OC[C@H](COP(=O)(O)OC[C@H](O)COP(=O)(O)OC[C@@H](COC(=O)CCCCCCCCCCCCCCCCC(C)CC)OC(=O)CCCCCCCCCCCCCCCCCCCCC(C)C)OC(=O)CCCCCCCCCCCCC. The van der Waals surface area contributed by atoms with Crippen LogP contribution in [0.5, 0.6) is 0 Å². The van der Waals surface area contributed by atoms with Gasteiger partial charge in [0.15, 0.2) is 12.2 Å². The molecule has 600 valence electrons. The maximum absolute atomic E-state index is 13.1. The van der Waals surface area contributed by atoms with E-state index in [-0.39, 0.29) is 25.7 Å². The van der Waals surface area contributed by atoms with Gasteiger partial charge in [-0.3, -0.25) is 37.3 Å². The molecule has 0 aromatic carbocycles. The predicted octanol–water partition coefficient (Wildman–Crippen LogP) is 24.7. The van der Waals surface area contributed by atoms with Crippen molar-refractivity contribution in [3.8, 4) is 0 Å². The van der Waals surface area contributed by atoms with Crippen LogP contribution in [0.25, 0.3) is 0 Å². The first-order valence-electron chi connectivity index (χ1n) is 42.5. The highest BCUT2D eigenvalue weighted by Crippen LogP contribution is 2.45. The van der Waals surface area contributed by atoms with E-state index in [1.54, 1.807) is 0 Å². The van der Waals surface area contributed by atoms with Crippen LogP contribution in [0.1, 0.15) is 433 Å². The van der Waals surface area contributed by atoms with E-state index in [0.29, 0.717) is 25.7 Å². The molecule has 0 spiro atoms. The minimum Gasteiger partial charge on any atom is -0.462 e. The average Bonchev–Trinajstić information content (AvgIpc) is 1.28. The molecule has 19 heteroatoms. The first-order chi connectivity index (χ1) is 48.9. The number of ether oxygens (including phenoxy) is 4. The standard InChI is InChI=1S/C82H160O17P2/c1-7-10-12-14-16-18-32-40-46-52-58-64-79(84)92-70-77(98-81(86)66-60-54-48-42-33-19-17-15-13-11-8-2)72-96-100(88,89)94-68-76(83)69-95-101(90,91)97-73-78(71-93-80(85)65-59-53-47-41-36-30-27-26-29-35-39-45-51-57-63-75(6)9-3)99-82(87)67-61-55-49-43-37-31-25-23-21-20-22-24-28-34-38-44-50-56-62-74(4)5/h74-78,83H,7-73H2,1-6H3,(H,88,89)(H,90,91)/t75?,76-,77+,78+/m0/s1. The Balaban J connectivity index is 5.21. The first-order valence-corrected chi connectivity index (χ1v) is 45.5. The molecule has 0 aromatic rings. The third-order valence-corrected chi connectivity index (χ3v) is 21.5. The van der Waals surface area contributed by atoms with Gasteiger partial charge in [-0.1, -0.05) is 382 Å². The molecule has 0 aliphatic rings. The highest BCUT2D eigenvalue weighted by Gasteiger charge is 2.30. The molecule has 0 fully saturated rings. The number of carbonyl (C=O) groups excluding carboxylic acids is 4. The number of unbranched alkanes of at least 4 members (excludes halogenated alkanes) is 50. The molecule has 0 amide bonds. The van der Waals surface area contributed by atoms with Gasteiger partial charge in [0.05, 0.1) is 26.4 Å². The van der Waals surface area contributed by atoms with Crippen LogP contribution in [-0.2, 0) is 65.4 Å². The van der Waals surface area contributed by atoms with Crippen LogP contribution in [0.3, 0.4) is 0 Å². The molecule has 0 saturated carbocycles. The van der Waals surface area contributed by atoms with Crippen molar-refractivity contribution >= 4 is 39.5 Å². The summed E-state index contributed by atoms with van der Waals surface area (Å²) < 4.78 is 68.7. The van der Waals surface area contributed by atoms with Gasteiger partial charge in [-0.25, -0.2) is 9.13 Å². The summed E-state index contributed by atoms with van der Waals surface area (Å²) in [7, 11) is -9.92. The summed E-state index contributed by atoms with van der Waals surface area (Å²) in [5, 5.41) is 10.6. The third-order valence-electron chi connectivity index (χ3n) is 19.6. The lowest BCUT2D eigenvalue weighted by atomic mass is 9.99. The Hall–Kier alpha value is -1.94. The average molecular weight is 1480 g/mol. The van der Waals surface area contributed by atoms with Crippen LogP contribution in [0.15, 0.2) is 0 Å². The Morgan fingerprint density at radius 3 is 0.752 bits per heavy atom. The summed E-state index contributed by atoms with van der Waals surface area (Å²) in [4.78, 5) is 73.0. The molecule has 0 aromatic heterocycles. The van der Waals surface area contributed by atoms with Crippen molar-refractivity contribution in [1.82, 2.24) is 0 Å². The van der Waals surface area contributed by atoms with Gasteiger partial charge >= 0.3 is 39.5 Å². The van der Waals surface area contributed by atoms with Gasteiger partial charge in [-0.15, -0.1) is 0 Å². The lowest BCUT2D eigenvalue weighted by Crippen LogP contribution is -2.30. The molecule has 0 rings (SSSR count). The molecule has 0 radical (unpaired) electrons. The summed E-state index contributed by atoms with van der Waals surface area (Å²) in [6.45, 7) is 9.73. The Morgan fingerprint density at radius 1 is 0.287 bits per heavy atom. The molecule has 0 saturated heterocycles. The van der Waals surface area contributed by atoms with E-state index in [9.17, 15) is 43.2 Å². The van der Waals surface area contributed by atoms with Gasteiger partial charge in [-0.2, -0.15) is 0 Å². The number of aliphatic hydroxyl groups excluding tert-OH is 1. The topological polar surface area (TPSA) is 237 Å². The Bertz CT molecular complexity index is 1940. The quantitative estimate of drug-likeness (QED) is 0.0222. The number of phosphoric ester groups is 2. The highest BCUT2D eigenvalue weighted by atomic mass is 31.2. The number of hydrogen-bond acceptors (Lipinski definition) is 15. The number of aliphatic hydroxyl groups is 1. The van der Waals surface area contributed by atoms with E-state index in [0.717, 1.165) is 102 Å². The molecular weight excluding hydrogens is 1320 g/mol. The molecular formula is C82H160O17P2. The van der Waals surface area contributed by atoms with Gasteiger partial charge in [0.25, 0.3) is 0 Å². The van der Waals surface area contributed by atoms with E-state index < -0.39 is 97.5 Å². The number of carbonyl (C=O) groups is 4. The molecule has 0 heterocycles. The van der Waals surface area contributed by atoms with Crippen molar-refractivity contribution in [1.29, 1.82) is 0 Å². The molecule has 101 heavy (non-hydrogen) atoms. The van der Waals surface area contributed by atoms with E-state index in [1.165, 1.54) is 250 Å². The van der Waals surface area contributed by atoms with Crippen LogP contribution in [0, 0.1) is 11.8 Å². The van der Waals surface area contributed by atoms with Crippen LogP contribution >= 0.6 is 15.6 Å². The van der Waals surface area contributed by atoms with Crippen LogP contribution in [0.2, 0.25) is 0 Å². The number of rotatable bonds is 81. The fourth-order valence-corrected chi connectivity index (χ4v) is 14.3. The summed E-state index contributed by atoms with van der Waals surface area (Å²) in [6, 6.07) is 0. The van der Waals surface area contributed by atoms with E-state index in [4.69, 9.17) is 37.0 Å². The Kier molecular flexibility index (Phi) is 72.2. The van der Waals surface area contributed by atoms with Gasteiger partial charge in [0.2, 0.25) is 0 Å². The van der Waals surface area contributed by atoms with E-state index >= 15 is 0 Å². The van der Waals surface area contributed by atoms with E-state index in [2.05, 4.69) is 41.5 Å². The lowest BCUT2D eigenvalue weighted by molar-refractivity contribution is -0.161. The molecule has 17 nitrogen and oxygen atoms in total. The van der Waals surface area contributed by atoms with Crippen LogP contribution in [0.4, 0.5) is 0 Å². The number of hydrogen-bond donors (Lipinski definition) is 3. The van der Waals surface area contributed by atoms with Gasteiger partial charge < -0.3 is 33.8 Å². The largest absolute Gasteiger partial charge is 0.472 e. The Morgan fingerprint density at radius 2 is 0.505 bits per heavy atom. The predicted molar refractivity (Wildman–Crippen MR) is 414 cm³/mol. The van der Waals surface area contributed by atoms with Crippen LogP contribution < -0.4 is 0 Å². The third kappa shape index (κ3) is 74.7. The normalized spacial score (nSPS) is 14.2. The van der Waals surface area contributed by atoms with Crippen molar-refractivity contribution in [3.63, 3.8) is 0 Å². The minimum absolute atomic E-state index is 0.107. The van der Waals surface area contributed by atoms with Crippen molar-refractivity contribution in [2.24, 2.45) is 11.8 Å².